The van der Waals surface area contributed by atoms with Crippen LogP contribution < -0.4 is 5.32 Å². The molecule has 4 aromatic rings. The maximum absolute atomic E-state index is 14.0. The quantitative estimate of drug-likeness (QED) is 0.163. The van der Waals surface area contributed by atoms with E-state index in [-0.39, 0.29) is 41.0 Å². The predicted octanol–water partition coefficient (Wildman–Crippen LogP) is 6.08. The zero-order valence-corrected chi connectivity index (χ0v) is 27.7. The zero-order valence-electron chi connectivity index (χ0n) is 26.9. The van der Waals surface area contributed by atoms with Crippen LogP contribution in [0.4, 0.5) is 4.79 Å². The lowest BCUT2D eigenvalue weighted by molar-refractivity contribution is 0.0443. The van der Waals surface area contributed by atoms with Gasteiger partial charge in [-0.1, -0.05) is 37.3 Å². The number of hydrogen-bond donors (Lipinski definition) is 2. The summed E-state index contributed by atoms with van der Waals surface area (Å²) in [6, 6.07) is 12.6. The second kappa shape index (κ2) is 13.4. The summed E-state index contributed by atoms with van der Waals surface area (Å²) in [6.07, 6.45) is 2.19. The first-order valence-electron chi connectivity index (χ1n) is 15.2. The van der Waals surface area contributed by atoms with Gasteiger partial charge in [0.1, 0.15) is 27.5 Å². The summed E-state index contributed by atoms with van der Waals surface area (Å²) in [5, 5.41) is 22.7. The van der Waals surface area contributed by atoms with Crippen LogP contribution in [0.3, 0.4) is 0 Å². The molecule has 1 aliphatic rings. The molecule has 0 aliphatic carbocycles. The molecule has 3 aromatic heterocycles. The molecule has 1 aromatic carbocycles. The highest BCUT2D eigenvalue weighted by atomic mass is 32.1. The Hall–Kier alpha value is -4.65. The number of nitrogens with zero attached hydrogens (tertiary/aromatic N) is 5. The SMILES string of the molecule is CCc1csc(C2CCCN2C(=O)c2cc(C(=N)OC)nc(-c3nnc(C(C)(Cc4ccccc4)NC(=O)OC(C)(C)C)o3)c2)n1. The van der Waals surface area contributed by atoms with Crippen molar-refractivity contribution in [3.63, 3.8) is 0 Å². The highest BCUT2D eigenvalue weighted by Gasteiger charge is 2.37. The fourth-order valence-electron chi connectivity index (χ4n) is 5.31. The summed E-state index contributed by atoms with van der Waals surface area (Å²) >= 11 is 1.57. The van der Waals surface area contributed by atoms with Crippen LogP contribution in [-0.2, 0) is 27.9 Å². The Morgan fingerprint density at radius 1 is 1.13 bits per heavy atom. The Labute approximate surface area is 272 Å². The normalized spacial score (nSPS) is 16.1. The van der Waals surface area contributed by atoms with Crippen LogP contribution in [0.5, 0.6) is 0 Å². The van der Waals surface area contributed by atoms with Gasteiger partial charge in [-0.15, -0.1) is 21.5 Å². The van der Waals surface area contributed by atoms with Crippen molar-refractivity contribution in [3.05, 3.63) is 81.3 Å². The third-order valence-electron chi connectivity index (χ3n) is 7.53. The van der Waals surface area contributed by atoms with Crippen molar-refractivity contribution < 1.29 is 23.5 Å². The molecule has 1 saturated heterocycles. The van der Waals surface area contributed by atoms with E-state index in [1.807, 2.05) is 40.6 Å². The number of carbonyl (C=O) groups is 2. The maximum Gasteiger partial charge on any atom is 0.408 e. The van der Waals surface area contributed by atoms with Gasteiger partial charge in [0, 0.05) is 23.9 Å². The number of alkyl carbamates (subject to hydrolysis) is 1. The number of rotatable bonds is 9. The average molecular weight is 646 g/mol. The van der Waals surface area contributed by atoms with Gasteiger partial charge in [-0.25, -0.2) is 14.8 Å². The number of hydrogen-bond acceptors (Lipinski definition) is 11. The molecule has 2 amide bonds. The zero-order chi connectivity index (χ0) is 33.1. The molecule has 2 unspecified atom stereocenters. The summed E-state index contributed by atoms with van der Waals surface area (Å²) in [7, 11) is 1.37. The van der Waals surface area contributed by atoms with E-state index in [0.29, 0.717) is 18.5 Å². The molecule has 0 radical (unpaired) electrons. The van der Waals surface area contributed by atoms with Gasteiger partial charge in [0.15, 0.2) is 0 Å². The molecule has 4 heterocycles. The monoisotopic (exact) mass is 645 g/mol. The lowest BCUT2D eigenvalue weighted by Gasteiger charge is -2.29. The van der Waals surface area contributed by atoms with Gasteiger partial charge in [-0.05, 0) is 64.7 Å². The number of carbonyl (C=O) groups excluding carboxylic acids is 2. The molecule has 0 spiro atoms. The molecule has 0 saturated carbocycles. The number of pyridine rings is 1. The lowest BCUT2D eigenvalue weighted by Crippen LogP contribution is -2.47. The highest BCUT2D eigenvalue weighted by Crippen LogP contribution is 2.36. The smallest absolute Gasteiger partial charge is 0.408 e. The largest absolute Gasteiger partial charge is 0.480 e. The van der Waals surface area contributed by atoms with E-state index in [2.05, 4.69) is 27.4 Å². The number of aromatic nitrogens is 4. The number of nitrogens with one attached hydrogen (secondary N) is 2. The van der Waals surface area contributed by atoms with E-state index in [1.165, 1.54) is 13.2 Å². The van der Waals surface area contributed by atoms with Crippen molar-refractivity contribution in [1.82, 2.24) is 30.4 Å². The molecular formula is C33H39N7O5S. The number of thiazole rings is 1. The second-order valence-corrected chi connectivity index (χ2v) is 13.3. The van der Waals surface area contributed by atoms with Crippen molar-refractivity contribution in [1.29, 1.82) is 5.41 Å². The van der Waals surface area contributed by atoms with Gasteiger partial charge in [0.05, 0.1) is 18.8 Å². The van der Waals surface area contributed by atoms with Crippen molar-refractivity contribution in [2.24, 2.45) is 0 Å². The fourth-order valence-corrected chi connectivity index (χ4v) is 6.36. The number of likely N-dealkylation sites (tertiary alicyclic amines) is 1. The van der Waals surface area contributed by atoms with Gasteiger partial charge < -0.3 is 24.1 Å². The molecule has 46 heavy (non-hydrogen) atoms. The van der Waals surface area contributed by atoms with E-state index in [9.17, 15) is 9.59 Å². The number of ether oxygens (including phenoxy) is 2. The van der Waals surface area contributed by atoms with E-state index in [0.717, 1.165) is 35.5 Å². The Morgan fingerprint density at radius 2 is 1.89 bits per heavy atom. The van der Waals surface area contributed by atoms with Gasteiger partial charge in [-0.3, -0.25) is 10.2 Å². The van der Waals surface area contributed by atoms with Gasteiger partial charge in [0.2, 0.25) is 11.8 Å². The van der Waals surface area contributed by atoms with E-state index < -0.39 is 17.2 Å². The van der Waals surface area contributed by atoms with Crippen LogP contribution in [0.2, 0.25) is 0 Å². The molecule has 5 rings (SSSR count). The van der Waals surface area contributed by atoms with Crippen molar-refractivity contribution >= 4 is 29.2 Å². The van der Waals surface area contributed by atoms with Crippen molar-refractivity contribution in [2.45, 2.75) is 77.5 Å². The Kier molecular flexibility index (Phi) is 9.52. The Morgan fingerprint density at radius 3 is 2.57 bits per heavy atom. The minimum Gasteiger partial charge on any atom is -0.480 e. The van der Waals surface area contributed by atoms with Crippen LogP contribution in [0, 0.1) is 5.41 Å². The first kappa shape index (κ1) is 32.7. The minimum atomic E-state index is -1.15. The first-order chi connectivity index (χ1) is 21.9. The van der Waals surface area contributed by atoms with Crippen LogP contribution >= 0.6 is 11.3 Å². The van der Waals surface area contributed by atoms with Gasteiger partial charge in [0.25, 0.3) is 11.8 Å². The van der Waals surface area contributed by atoms with Crippen LogP contribution in [-0.4, -0.2) is 62.2 Å². The number of amides is 2. The third kappa shape index (κ3) is 7.41. The van der Waals surface area contributed by atoms with Crippen LogP contribution in [0.1, 0.15) is 91.7 Å². The number of benzene rings is 1. The van der Waals surface area contributed by atoms with E-state index in [4.69, 9.17) is 24.3 Å². The molecule has 13 heteroatoms. The molecule has 2 N–H and O–H groups in total. The molecule has 0 bridgehead atoms. The molecule has 2 atom stereocenters. The maximum atomic E-state index is 14.0. The third-order valence-corrected chi connectivity index (χ3v) is 8.53. The predicted molar refractivity (Wildman–Crippen MR) is 173 cm³/mol. The molecule has 1 aliphatic heterocycles. The highest BCUT2D eigenvalue weighted by molar-refractivity contribution is 7.09. The topological polar surface area (TPSA) is 156 Å². The van der Waals surface area contributed by atoms with E-state index >= 15 is 0 Å². The summed E-state index contributed by atoms with van der Waals surface area (Å²) in [6.45, 7) is 9.76. The lowest BCUT2D eigenvalue weighted by atomic mass is 9.92. The van der Waals surface area contributed by atoms with Crippen molar-refractivity contribution in [2.75, 3.05) is 13.7 Å². The van der Waals surface area contributed by atoms with Crippen LogP contribution in [0.15, 0.2) is 52.3 Å². The van der Waals surface area contributed by atoms with Gasteiger partial charge in [-0.2, -0.15) is 0 Å². The minimum absolute atomic E-state index is 0.0190. The van der Waals surface area contributed by atoms with E-state index in [1.54, 1.807) is 45.1 Å². The summed E-state index contributed by atoms with van der Waals surface area (Å²) < 4.78 is 16.9. The average Bonchev–Trinajstić information content (AvgIpc) is 3.80. The van der Waals surface area contributed by atoms with Gasteiger partial charge >= 0.3 is 6.09 Å². The second-order valence-electron chi connectivity index (χ2n) is 12.4. The van der Waals surface area contributed by atoms with Crippen molar-refractivity contribution in [3.8, 4) is 11.6 Å². The molecule has 12 nitrogen and oxygen atoms in total. The molecule has 242 valence electrons. The first-order valence-corrected chi connectivity index (χ1v) is 16.1. The summed E-state index contributed by atoms with van der Waals surface area (Å²) in [4.78, 5) is 38.0. The number of aryl methyl sites for hydroxylation is 1. The number of methoxy groups -OCH3 is 1. The fraction of sp³-hybridized carbons (Fsp3) is 0.424. The standard InChI is InChI=1S/C33H39N7O5S/c1-7-22-19-46-28(35-22)25-14-11-15-40(25)29(41)21-16-23(26(34)43-6)36-24(17-21)27-38-39-30(44-27)33(5,18-20-12-9-8-10-13-20)37-31(42)45-32(2,3)4/h8-10,12-13,16-17,19,25,34H,7,11,14-15,18H2,1-6H3,(H,37,42). The summed E-state index contributed by atoms with van der Waals surface area (Å²) in [5.74, 6) is -0.300. The Balaban J connectivity index is 1.50. The van der Waals surface area contributed by atoms with Crippen LogP contribution in [0.25, 0.3) is 11.6 Å². The molecule has 1 fully saturated rings. The Bertz CT molecular complexity index is 1710. The summed E-state index contributed by atoms with van der Waals surface area (Å²) in [5.41, 5.74) is 0.697. The molecular weight excluding hydrogens is 606 g/mol.